The molecule has 1 rings (SSSR count). The van der Waals surface area contributed by atoms with Crippen molar-refractivity contribution in [1.29, 1.82) is 0 Å². The maximum Gasteiger partial charge on any atom is 0.381 e. The molecule has 0 aromatic carbocycles. The summed E-state index contributed by atoms with van der Waals surface area (Å²) in [5.74, 6) is 0. The van der Waals surface area contributed by atoms with Crippen LogP contribution in [0, 0.1) is 0 Å². The van der Waals surface area contributed by atoms with Gasteiger partial charge in [0.2, 0.25) is 0 Å². The monoisotopic (exact) mass is 280 g/mol. The van der Waals surface area contributed by atoms with Crippen LogP contribution in [0.1, 0.15) is 6.92 Å². The molecule has 0 saturated carbocycles. The van der Waals surface area contributed by atoms with E-state index in [0.717, 1.165) is 10.6 Å². The van der Waals surface area contributed by atoms with Crippen molar-refractivity contribution in [3.8, 4) is 0 Å². The summed E-state index contributed by atoms with van der Waals surface area (Å²) < 4.78 is 16.0. The van der Waals surface area contributed by atoms with Crippen LogP contribution in [0.3, 0.4) is 0 Å². The van der Waals surface area contributed by atoms with Gasteiger partial charge < -0.3 is 24.6 Å². The average Bonchev–Trinajstić information content (AvgIpc) is 2.22. The topological polar surface area (TPSA) is 142 Å². The Bertz CT molecular complexity index is 531. The number of aliphatic hydroxyl groups excluding tert-OH is 1. The Morgan fingerprint density at radius 2 is 2.11 bits per heavy atom. The molecule has 102 valence electrons. The molecular formula is C8H13N2O7P. The van der Waals surface area contributed by atoms with Crippen LogP contribution in [0.25, 0.3) is 0 Å². The van der Waals surface area contributed by atoms with Crippen LogP contribution in [0.2, 0.25) is 0 Å². The zero-order chi connectivity index (χ0) is 13.9. The van der Waals surface area contributed by atoms with Gasteiger partial charge in [0.05, 0.1) is 12.6 Å². The van der Waals surface area contributed by atoms with Gasteiger partial charge in [-0.3, -0.25) is 13.9 Å². The van der Waals surface area contributed by atoms with Crippen molar-refractivity contribution in [3.05, 3.63) is 33.1 Å². The van der Waals surface area contributed by atoms with Crippen LogP contribution in [-0.2, 0) is 15.8 Å². The third kappa shape index (κ3) is 3.90. The molecule has 1 heterocycles. The maximum absolute atomic E-state index is 11.3. The van der Waals surface area contributed by atoms with E-state index < -0.39 is 31.0 Å². The summed E-state index contributed by atoms with van der Waals surface area (Å²) in [6.45, 7) is 1.11. The van der Waals surface area contributed by atoms with E-state index >= 15 is 0 Å². The Morgan fingerprint density at radius 3 is 2.61 bits per heavy atom. The first-order valence-corrected chi connectivity index (χ1v) is 6.57. The number of rotatable bonds is 5. The van der Waals surface area contributed by atoms with Crippen LogP contribution in [0.5, 0.6) is 0 Å². The normalized spacial score (nSPS) is 15.3. The van der Waals surface area contributed by atoms with Crippen molar-refractivity contribution in [3.63, 3.8) is 0 Å². The van der Waals surface area contributed by atoms with Crippen molar-refractivity contribution < 1.29 is 24.2 Å². The molecule has 0 spiro atoms. The number of aromatic amines is 1. The van der Waals surface area contributed by atoms with Gasteiger partial charge >= 0.3 is 13.3 Å². The predicted molar refractivity (Wildman–Crippen MR) is 59.9 cm³/mol. The van der Waals surface area contributed by atoms with Gasteiger partial charge in [-0.15, -0.1) is 0 Å². The minimum absolute atomic E-state index is 0.244. The van der Waals surface area contributed by atoms with E-state index in [9.17, 15) is 14.2 Å². The molecule has 1 aromatic heterocycles. The van der Waals surface area contributed by atoms with Crippen LogP contribution in [0.15, 0.2) is 21.9 Å². The highest BCUT2D eigenvalue weighted by Crippen LogP contribution is 2.40. The second-order valence-electron chi connectivity index (χ2n) is 3.59. The van der Waals surface area contributed by atoms with Gasteiger partial charge in [0.25, 0.3) is 11.6 Å². The van der Waals surface area contributed by atoms with E-state index in [1.54, 1.807) is 0 Å². The minimum atomic E-state index is -4.78. The lowest BCUT2D eigenvalue weighted by atomic mass is 10.4. The number of aliphatic hydroxyl groups is 1. The van der Waals surface area contributed by atoms with E-state index in [0.29, 0.717) is 0 Å². The molecule has 2 atom stereocenters. The van der Waals surface area contributed by atoms with Gasteiger partial charge in [-0.05, 0) is 6.92 Å². The first kappa shape index (κ1) is 14.8. The number of hydrogen-bond donors (Lipinski definition) is 4. The highest BCUT2D eigenvalue weighted by Gasteiger charge is 2.29. The molecule has 1 aromatic rings. The highest BCUT2D eigenvalue weighted by atomic mass is 31.2. The van der Waals surface area contributed by atoms with E-state index in [1.807, 2.05) is 0 Å². The lowest BCUT2D eigenvalue weighted by molar-refractivity contribution is -0.0941. The zero-order valence-electron chi connectivity index (χ0n) is 9.39. The molecule has 1 unspecified atom stereocenters. The number of nitrogens with one attached hydrogen (secondary N) is 1. The van der Waals surface area contributed by atoms with E-state index in [1.165, 1.54) is 13.1 Å². The fourth-order valence-electron chi connectivity index (χ4n) is 1.21. The Kier molecular flexibility index (Phi) is 4.60. The number of H-pyrrole nitrogens is 1. The molecule has 0 aliphatic carbocycles. The van der Waals surface area contributed by atoms with Crippen LogP contribution >= 0.6 is 7.60 Å². The summed E-state index contributed by atoms with van der Waals surface area (Å²) in [6.07, 6.45) is 0.241. The highest BCUT2D eigenvalue weighted by molar-refractivity contribution is 7.52. The lowest BCUT2D eigenvalue weighted by Crippen LogP contribution is -2.38. The third-order valence-electron chi connectivity index (χ3n) is 2.03. The third-order valence-corrected chi connectivity index (χ3v) is 2.72. The standard InChI is InChI=1S/C8H13N2O7P/c1-5(17-8(13)18(14,15)16)4-10-6(11)2-3-9-7(10)12/h2-3,5,8,13H,4H2,1H3,(H,9,12)(H2,14,15,16)/t5?,8-/m0/s1. The predicted octanol–water partition coefficient (Wildman–Crippen LogP) is -1.60. The molecule has 18 heavy (non-hydrogen) atoms. The summed E-state index contributed by atoms with van der Waals surface area (Å²) in [4.78, 5) is 42.1. The molecule has 0 fully saturated rings. The molecule has 10 heteroatoms. The largest absolute Gasteiger partial charge is 0.381 e. The molecule has 4 N–H and O–H groups in total. The Balaban J connectivity index is 2.78. The molecule has 0 aliphatic heterocycles. The summed E-state index contributed by atoms with van der Waals surface area (Å²) in [7, 11) is -4.78. The van der Waals surface area contributed by atoms with Gasteiger partial charge in [0, 0.05) is 12.3 Å². The number of hydrogen-bond acceptors (Lipinski definition) is 5. The fraction of sp³-hybridized carbons (Fsp3) is 0.500. The van der Waals surface area contributed by atoms with Crippen molar-refractivity contribution >= 4 is 7.60 Å². The van der Waals surface area contributed by atoms with Gasteiger partial charge in [0.15, 0.2) is 0 Å². The first-order chi connectivity index (χ1) is 8.21. The summed E-state index contributed by atoms with van der Waals surface area (Å²) in [5.41, 5.74) is -1.26. The van der Waals surface area contributed by atoms with E-state index in [4.69, 9.17) is 14.9 Å². The Morgan fingerprint density at radius 1 is 1.50 bits per heavy atom. The quantitative estimate of drug-likeness (QED) is 0.375. The van der Waals surface area contributed by atoms with E-state index in [-0.39, 0.29) is 6.54 Å². The van der Waals surface area contributed by atoms with Crippen molar-refractivity contribution in [2.24, 2.45) is 0 Å². The van der Waals surface area contributed by atoms with Gasteiger partial charge in [-0.1, -0.05) is 0 Å². The van der Waals surface area contributed by atoms with Crippen molar-refractivity contribution in [2.45, 2.75) is 25.6 Å². The van der Waals surface area contributed by atoms with Gasteiger partial charge in [0.1, 0.15) is 0 Å². The zero-order valence-corrected chi connectivity index (χ0v) is 10.3. The maximum atomic E-state index is 11.3. The molecule has 0 bridgehead atoms. The molecular weight excluding hydrogens is 267 g/mol. The van der Waals surface area contributed by atoms with Gasteiger partial charge in [-0.2, -0.15) is 0 Å². The molecule has 9 nitrogen and oxygen atoms in total. The molecule has 0 amide bonds. The molecule has 0 aliphatic rings. The SMILES string of the molecule is CC(Cn1c(=O)cc[nH]c1=O)O[C@H](O)P(=O)(O)O. The van der Waals surface area contributed by atoms with Crippen LogP contribution in [0.4, 0.5) is 0 Å². The second kappa shape index (κ2) is 5.59. The fourth-order valence-corrected chi connectivity index (χ4v) is 1.58. The number of nitrogens with zero attached hydrogens (tertiary/aromatic N) is 1. The first-order valence-electron chi connectivity index (χ1n) is 4.89. The number of aromatic nitrogens is 2. The molecule has 0 radical (unpaired) electrons. The Labute approximate surface area is 101 Å². The lowest BCUT2D eigenvalue weighted by Gasteiger charge is -2.18. The van der Waals surface area contributed by atoms with Crippen LogP contribution in [-0.4, -0.2) is 36.6 Å². The van der Waals surface area contributed by atoms with Gasteiger partial charge in [-0.25, -0.2) is 4.79 Å². The van der Waals surface area contributed by atoms with Crippen molar-refractivity contribution in [2.75, 3.05) is 0 Å². The van der Waals surface area contributed by atoms with Crippen LogP contribution < -0.4 is 11.2 Å². The minimum Gasteiger partial charge on any atom is -0.358 e. The smallest absolute Gasteiger partial charge is 0.358 e. The average molecular weight is 280 g/mol. The summed E-state index contributed by atoms with van der Waals surface area (Å²) in [6, 6.07) is -1.17. The molecule has 0 saturated heterocycles. The number of ether oxygens (including phenoxy) is 1. The van der Waals surface area contributed by atoms with Crippen molar-refractivity contribution in [1.82, 2.24) is 9.55 Å². The Hall–Kier alpha value is -1.25. The second-order valence-corrected chi connectivity index (χ2v) is 5.21. The summed E-state index contributed by atoms with van der Waals surface area (Å²) >= 11 is 0. The van der Waals surface area contributed by atoms with E-state index in [2.05, 4.69) is 9.72 Å². The summed E-state index contributed by atoms with van der Waals surface area (Å²) in [5, 5.41) is 9.01.